The van der Waals surface area contributed by atoms with E-state index >= 15 is 0 Å². The Morgan fingerprint density at radius 1 is 0.264 bits per heavy atom. The molecule has 0 bridgehead atoms. The first-order valence-electron chi connectivity index (χ1n) is 39.0. The molecule has 0 fully saturated rings. The molecule has 0 amide bonds. The van der Waals surface area contributed by atoms with Crippen LogP contribution in [0.1, 0.15) is 246 Å². The molecule has 3 N–H and O–H groups in total. The summed E-state index contributed by atoms with van der Waals surface area (Å²) >= 11 is 0. The lowest BCUT2D eigenvalue weighted by atomic mass is 10.1. The summed E-state index contributed by atoms with van der Waals surface area (Å²) in [5.41, 5.74) is 0. The van der Waals surface area contributed by atoms with Crippen LogP contribution in [0, 0.1) is 0 Å². The fourth-order valence-corrected chi connectivity index (χ4v) is 10.7. The van der Waals surface area contributed by atoms with Gasteiger partial charge in [0.05, 0.1) is 26.4 Å². The zero-order valence-corrected chi connectivity index (χ0v) is 66.5. The van der Waals surface area contributed by atoms with Crippen LogP contribution in [0.4, 0.5) is 0 Å². The fraction of sp³-hybridized carbons (Fsp3) is 0.540. The third-order valence-corrected chi connectivity index (χ3v) is 16.8. The second-order valence-electron chi connectivity index (χ2n) is 24.8. The van der Waals surface area contributed by atoms with Gasteiger partial charge in [-0.25, -0.2) is 9.13 Å². The van der Waals surface area contributed by atoms with Crippen molar-refractivity contribution in [1.29, 1.82) is 0 Å². The van der Waals surface area contributed by atoms with Crippen LogP contribution >= 0.6 is 15.6 Å². The Morgan fingerprint density at radius 2 is 0.472 bits per heavy atom. The molecule has 0 aliphatic carbocycles. The average Bonchev–Trinajstić information content (AvgIpc) is 0.902. The number of carbonyl (C=O) groups is 4. The summed E-state index contributed by atoms with van der Waals surface area (Å²) in [4.78, 5) is 73.0. The minimum atomic E-state index is -5.02. The van der Waals surface area contributed by atoms with E-state index in [0.29, 0.717) is 44.9 Å². The second-order valence-corrected chi connectivity index (χ2v) is 27.7. The van der Waals surface area contributed by atoms with Gasteiger partial charge in [-0.05, 0) is 180 Å². The molecule has 106 heavy (non-hydrogen) atoms. The van der Waals surface area contributed by atoms with Crippen LogP contribution in [-0.2, 0) is 65.4 Å². The van der Waals surface area contributed by atoms with Crippen LogP contribution in [0.2, 0.25) is 0 Å². The predicted molar refractivity (Wildman–Crippen MR) is 435 cm³/mol. The standard InChI is InChI=1S/C87H134O17P2/c1-5-9-13-17-21-25-29-33-37-40-44-47-51-55-59-63-67-71-84(89)97-77-82(103-86(91)73-69-65-61-57-53-49-43-36-32-28-24-20-16-12-8-4)79-101-105(93,94)99-75-81(88)76-100-106(95,96)102-80-83(104-87(92)74-70-66-62-58-54-50-46-42-39-35-31-27-23-19-15-11-7-3)78-98-85(90)72-68-64-60-56-52-48-45-41-38-34-30-26-22-18-14-10-6-2/h9-16,21-28,33-39,43-48,50,53,56-58,60,62,81-83,88H,5-8,17-20,29-32,40-42,49,51-52,54-55,59,61,63-80H2,1-4H3,(H,93,94)(H,95,96)/b13-9-,14-10-,15-11-,16-12-,25-21-,26-22-,27-23-,28-24-,37-33-,38-34-,39-35-,43-36-,47-44-,48-45-,50-46-,57-53-,60-56-,62-58-. The number of unbranched alkanes of at least 4 members (excludes halogenated alkanes) is 8. The molecule has 5 unspecified atom stereocenters. The molecule has 19 heteroatoms. The third kappa shape index (κ3) is 75.6. The summed E-state index contributed by atoms with van der Waals surface area (Å²) in [7, 11) is -10.0. The maximum Gasteiger partial charge on any atom is 0.472 e. The number of aliphatic hydroxyl groups is 1. The van der Waals surface area contributed by atoms with Gasteiger partial charge in [0, 0.05) is 25.7 Å². The summed E-state index contributed by atoms with van der Waals surface area (Å²) in [5, 5.41) is 10.6. The van der Waals surface area contributed by atoms with Crippen molar-refractivity contribution < 1.29 is 80.2 Å². The molecule has 594 valence electrons. The van der Waals surface area contributed by atoms with Gasteiger partial charge in [-0.2, -0.15) is 0 Å². The van der Waals surface area contributed by atoms with E-state index in [1.54, 1.807) is 0 Å². The van der Waals surface area contributed by atoms with Crippen LogP contribution in [-0.4, -0.2) is 96.7 Å². The van der Waals surface area contributed by atoms with E-state index < -0.39 is 97.5 Å². The smallest absolute Gasteiger partial charge is 0.462 e. The number of phosphoric ester groups is 2. The number of aliphatic hydroxyl groups excluding tert-OH is 1. The molecule has 0 aromatic heterocycles. The van der Waals surface area contributed by atoms with Crippen molar-refractivity contribution in [3.63, 3.8) is 0 Å². The van der Waals surface area contributed by atoms with Gasteiger partial charge in [-0.3, -0.25) is 37.3 Å². The first kappa shape index (κ1) is 99.4. The number of carbonyl (C=O) groups excluding carboxylic acids is 4. The summed E-state index contributed by atoms with van der Waals surface area (Å²) < 4.78 is 68.4. The molecule has 17 nitrogen and oxygen atoms in total. The Hall–Kier alpha value is -6.62. The molecule has 0 aromatic rings. The summed E-state index contributed by atoms with van der Waals surface area (Å²) in [5.74, 6) is -2.42. The van der Waals surface area contributed by atoms with Crippen molar-refractivity contribution in [1.82, 2.24) is 0 Å². The minimum absolute atomic E-state index is 0.00726. The van der Waals surface area contributed by atoms with Gasteiger partial charge in [-0.1, -0.05) is 259 Å². The largest absolute Gasteiger partial charge is 0.472 e. The molecular formula is C87H134O17P2. The monoisotopic (exact) mass is 1510 g/mol. The van der Waals surface area contributed by atoms with Crippen LogP contribution in [0.15, 0.2) is 219 Å². The van der Waals surface area contributed by atoms with Gasteiger partial charge in [0.15, 0.2) is 12.2 Å². The minimum Gasteiger partial charge on any atom is -0.462 e. The number of hydrogen-bond acceptors (Lipinski definition) is 15. The van der Waals surface area contributed by atoms with E-state index in [1.165, 1.54) is 0 Å². The molecule has 0 radical (unpaired) electrons. The molecule has 0 aliphatic rings. The third-order valence-electron chi connectivity index (χ3n) is 14.9. The number of rotatable bonds is 70. The highest BCUT2D eigenvalue weighted by molar-refractivity contribution is 7.47. The number of hydrogen-bond donors (Lipinski definition) is 3. The topological polar surface area (TPSA) is 237 Å². The van der Waals surface area contributed by atoms with Gasteiger partial charge >= 0.3 is 39.5 Å². The van der Waals surface area contributed by atoms with Gasteiger partial charge in [0.25, 0.3) is 0 Å². The van der Waals surface area contributed by atoms with Gasteiger partial charge in [0.1, 0.15) is 19.3 Å². The van der Waals surface area contributed by atoms with Crippen LogP contribution in [0.25, 0.3) is 0 Å². The van der Waals surface area contributed by atoms with E-state index in [4.69, 9.17) is 37.0 Å². The first-order chi connectivity index (χ1) is 51.7. The van der Waals surface area contributed by atoms with E-state index in [-0.39, 0.29) is 25.7 Å². The van der Waals surface area contributed by atoms with Crippen LogP contribution < -0.4 is 0 Å². The zero-order valence-electron chi connectivity index (χ0n) is 64.8. The lowest BCUT2D eigenvalue weighted by Crippen LogP contribution is -2.30. The van der Waals surface area contributed by atoms with Crippen molar-refractivity contribution in [3.8, 4) is 0 Å². The van der Waals surface area contributed by atoms with Crippen molar-refractivity contribution in [2.24, 2.45) is 0 Å². The van der Waals surface area contributed by atoms with Crippen molar-refractivity contribution >= 4 is 39.5 Å². The average molecular weight is 1510 g/mol. The number of allylic oxidation sites excluding steroid dienone is 36. The maximum absolute atomic E-state index is 13.1. The normalized spacial score (nSPS) is 15.0. The molecule has 0 rings (SSSR count). The molecule has 5 atom stereocenters. The highest BCUT2D eigenvalue weighted by Gasteiger charge is 2.30. The molecule has 0 saturated carbocycles. The number of ether oxygens (including phenoxy) is 4. The Kier molecular flexibility index (Phi) is 71.8. The van der Waals surface area contributed by atoms with E-state index in [0.717, 1.165) is 148 Å². The van der Waals surface area contributed by atoms with E-state index in [1.807, 2.05) is 24.3 Å². The quantitative estimate of drug-likeness (QED) is 0.0169. The Bertz CT molecular complexity index is 2880. The van der Waals surface area contributed by atoms with Crippen molar-refractivity contribution in [2.75, 3.05) is 39.6 Å². The molecular weight excluding hydrogens is 1380 g/mol. The lowest BCUT2D eigenvalue weighted by Gasteiger charge is -2.21. The fourth-order valence-electron chi connectivity index (χ4n) is 9.15. The molecule has 0 heterocycles. The Morgan fingerprint density at radius 3 is 0.764 bits per heavy atom. The first-order valence-corrected chi connectivity index (χ1v) is 42.0. The predicted octanol–water partition coefficient (Wildman–Crippen LogP) is 22.9. The lowest BCUT2D eigenvalue weighted by molar-refractivity contribution is -0.161. The van der Waals surface area contributed by atoms with Gasteiger partial charge in [0.2, 0.25) is 0 Å². The molecule has 0 aromatic carbocycles. The van der Waals surface area contributed by atoms with Gasteiger partial charge in [-0.15, -0.1) is 0 Å². The van der Waals surface area contributed by atoms with Gasteiger partial charge < -0.3 is 33.8 Å². The summed E-state index contributed by atoms with van der Waals surface area (Å²) in [6.07, 6.45) is 96.6. The highest BCUT2D eigenvalue weighted by Crippen LogP contribution is 2.45. The Labute approximate surface area is 639 Å². The van der Waals surface area contributed by atoms with E-state index in [9.17, 15) is 43.2 Å². The second kappa shape index (κ2) is 76.6. The zero-order chi connectivity index (χ0) is 77.4. The molecule has 0 aliphatic heterocycles. The Balaban J connectivity index is 5.56. The highest BCUT2D eigenvalue weighted by atomic mass is 31.2. The van der Waals surface area contributed by atoms with Crippen LogP contribution in [0.5, 0.6) is 0 Å². The number of esters is 4. The van der Waals surface area contributed by atoms with E-state index in [2.05, 4.69) is 222 Å². The maximum atomic E-state index is 13.1. The van der Waals surface area contributed by atoms with Crippen molar-refractivity contribution in [2.45, 2.75) is 264 Å². The number of phosphoric acid groups is 2. The van der Waals surface area contributed by atoms with Crippen LogP contribution in [0.3, 0.4) is 0 Å². The summed E-state index contributed by atoms with van der Waals surface area (Å²) in [6, 6.07) is 0. The molecule has 0 spiro atoms. The molecule has 0 saturated heterocycles. The van der Waals surface area contributed by atoms with Crippen molar-refractivity contribution in [3.05, 3.63) is 219 Å². The SMILES string of the molecule is CC/C=C\C/C=C\C/C=C\C/C=C\C/C=C\CCCC(=O)OCC(COP(=O)(O)OCC(O)COP(=O)(O)OCC(COC(=O)CCCCCC/C=C\C/C=C\C/C=C\C/C=C\CC)OC(=O)CCCC/C=C\C/C=C\C/C=C\C/C=C\CC)OC(=O)CCC/C=C\C/C=C\C/C=C\C/C=C\C/C=C\CC. The summed E-state index contributed by atoms with van der Waals surface area (Å²) in [6.45, 7) is 4.15.